The maximum absolute atomic E-state index is 12.3. The fourth-order valence-corrected chi connectivity index (χ4v) is 2.98. The maximum Gasteiger partial charge on any atom is 0.262 e. The van der Waals surface area contributed by atoms with Crippen LogP contribution >= 0.6 is 15.9 Å². The fourth-order valence-electron chi connectivity index (χ4n) is 2.53. The molecule has 6 nitrogen and oxygen atoms in total. The zero-order chi connectivity index (χ0) is 18.9. The van der Waals surface area contributed by atoms with Gasteiger partial charge in [0.05, 0.1) is 13.2 Å². The third-order valence-corrected chi connectivity index (χ3v) is 4.21. The third kappa shape index (κ3) is 5.26. The molecule has 1 amide bonds. The van der Waals surface area contributed by atoms with Crippen molar-refractivity contribution in [1.29, 1.82) is 5.26 Å². The van der Waals surface area contributed by atoms with Crippen LogP contribution in [0.1, 0.15) is 18.4 Å². The molecule has 2 rings (SSSR count). The molecule has 0 unspecified atom stereocenters. The summed E-state index contributed by atoms with van der Waals surface area (Å²) < 4.78 is 17.0. The molecule has 0 radical (unpaired) electrons. The second-order valence-electron chi connectivity index (χ2n) is 5.53. The van der Waals surface area contributed by atoms with Gasteiger partial charge in [-0.3, -0.25) is 4.79 Å². The van der Waals surface area contributed by atoms with E-state index < -0.39 is 5.91 Å². The molecule has 1 heterocycles. The van der Waals surface area contributed by atoms with E-state index >= 15 is 0 Å². The van der Waals surface area contributed by atoms with E-state index in [1.807, 2.05) is 6.07 Å². The molecule has 0 spiro atoms. The molecular weight excluding hydrogens is 400 g/mol. The summed E-state index contributed by atoms with van der Waals surface area (Å²) in [5, 5.41) is 12.1. The van der Waals surface area contributed by atoms with E-state index in [1.54, 1.807) is 12.1 Å². The number of methoxy groups -OCH3 is 1. The lowest BCUT2D eigenvalue weighted by atomic mass is 10.1. The first-order chi connectivity index (χ1) is 12.6. The van der Waals surface area contributed by atoms with Crippen molar-refractivity contribution in [2.45, 2.75) is 18.9 Å². The van der Waals surface area contributed by atoms with Crippen LogP contribution in [0.15, 0.2) is 22.2 Å². The van der Waals surface area contributed by atoms with Crippen LogP contribution in [0.3, 0.4) is 0 Å². The highest BCUT2D eigenvalue weighted by Crippen LogP contribution is 2.36. The molecule has 7 heteroatoms. The monoisotopic (exact) mass is 418 g/mol. The number of amides is 1. The summed E-state index contributed by atoms with van der Waals surface area (Å²) in [7, 11) is 1.50. The van der Waals surface area contributed by atoms with Crippen molar-refractivity contribution in [1.82, 2.24) is 5.32 Å². The lowest BCUT2D eigenvalue weighted by Gasteiger charge is -2.13. The predicted octanol–water partition coefficient (Wildman–Crippen LogP) is 2.67. The van der Waals surface area contributed by atoms with Crippen molar-refractivity contribution >= 4 is 27.9 Å². The molecule has 26 heavy (non-hydrogen) atoms. The van der Waals surface area contributed by atoms with E-state index in [2.05, 4.69) is 27.2 Å². The molecular formula is C19H19BrN2O4. The molecule has 1 aliphatic heterocycles. The van der Waals surface area contributed by atoms with Gasteiger partial charge < -0.3 is 19.5 Å². The fraction of sp³-hybridized carbons (Fsp3) is 0.368. The number of benzene rings is 1. The van der Waals surface area contributed by atoms with Gasteiger partial charge >= 0.3 is 0 Å². The van der Waals surface area contributed by atoms with Crippen molar-refractivity contribution in [2.75, 3.05) is 26.9 Å². The van der Waals surface area contributed by atoms with Gasteiger partial charge in [-0.15, -0.1) is 6.42 Å². The van der Waals surface area contributed by atoms with Gasteiger partial charge in [-0.25, -0.2) is 0 Å². The molecule has 0 bridgehead atoms. The van der Waals surface area contributed by atoms with Gasteiger partial charge in [0.15, 0.2) is 11.5 Å². The molecule has 0 aliphatic carbocycles. The minimum Gasteiger partial charge on any atom is -0.493 e. The average Bonchev–Trinajstić information content (AvgIpc) is 3.16. The molecule has 1 aliphatic rings. The van der Waals surface area contributed by atoms with E-state index in [0.717, 1.165) is 12.8 Å². The zero-order valence-electron chi connectivity index (χ0n) is 14.4. The maximum atomic E-state index is 12.3. The number of carbonyl (C=O) groups excluding carboxylic acids is 1. The lowest BCUT2D eigenvalue weighted by Crippen LogP contribution is -2.32. The molecule has 0 aromatic heterocycles. The summed E-state index contributed by atoms with van der Waals surface area (Å²) >= 11 is 3.38. The Morgan fingerprint density at radius 2 is 2.38 bits per heavy atom. The standard InChI is InChI=1S/C19H19BrN2O4/c1-3-6-26-18-13(9-15(20)10-17(18)24-2)8-14(11-21)19(23)22-12-16-5-4-7-25-16/h1,8-10,16H,4-7,12H2,2H3,(H,22,23)/b14-8+/t16-/m0/s1. The Balaban J connectivity index is 2.25. The number of nitrogens with zero attached hydrogens (tertiary/aromatic N) is 1. The summed E-state index contributed by atoms with van der Waals surface area (Å²) in [4.78, 5) is 12.3. The van der Waals surface area contributed by atoms with E-state index in [1.165, 1.54) is 13.2 Å². The van der Waals surface area contributed by atoms with Crippen molar-refractivity contribution in [3.05, 3.63) is 27.7 Å². The van der Waals surface area contributed by atoms with Crippen LogP contribution in [0.25, 0.3) is 6.08 Å². The van der Waals surface area contributed by atoms with Crippen LogP contribution in [0.4, 0.5) is 0 Å². The van der Waals surface area contributed by atoms with Crippen molar-refractivity contribution < 1.29 is 19.0 Å². The summed E-state index contributed by atoms with van der Waals surface area (Å²) in [6.45, 7) is 1.11. The van der Waals surface area contributed by atoms with Gasteiger partial charge in [0, 0.05) is 23.2 Å². The van der Waals surface area contributed by atoms with E-state index in [0.29, 0.717) is 34.7 Å². The van der Waals surface area contributed by atoms with Gasteiger partial charge in [-0.2, -0.15) is 5.26 Å². The normalized spacial score (nSPS) is 16.5. The number of nitriles is 1. The Hall–Kier alpha value is -2.48. The first kappa shape index (κ1) is 19.8. The van der Waals surface area contributed by atoms with E-state index in [-0.39, 0.29) is 18.3 Å². The summed E-state index contributed by atoms with van der Waals surface area (Å²) in [5.41, 5.74) is 0.462. The number of rotatable bonds is 7. The van der Waals surface area contributed by atoms with Crippen LogP contribution < -0.4 is 14.8 Å². The highest BCUT2D eigenvalue weighted by atomic mass is 79.9. The first-order valence-corrected chi connectivity index (χ1v) is 8.83. The minimum atomic E-state index is -0.468. The Morgan fingerprint density at radius 3 is 3.00 bits per heavy atom. The minimum absolute atomic E-state index is 0.000575. The highest BCUT2D eigenvalue weighted by molar-refractivity contribution is 9.10. The van der Waals surface area contributed by atoms with E-state index in [4.69, 9.17) is 20.6 Å². The number of hydrogen-bond donors (Lipinski definition) is 1. The smallest absolute Gasteiger partial charge is 0.262 e. The van der Waals surface area contributed by atoms with Gasteiger partial charge in [-0.1, -0.05) is 21.9 Å². The number of ether oxygens (including phenoxy) is 3. The summed E-state index contributed by atoms with van der Waals surface area (Å²) in [6, 6.07) is 5.36. The van der Waals surface area contributed by atoms with Gasteiger partial charge in [0.25, 0.3) is 5.91 Å². The first-order valence-electron chi connectivity index (χ1n) is 8.04. The summed E-state index contributed by atoms with van der Waals surface area (Å²) in [5.74, 6) is 2.73. The van der Waals surface area contributed by atoms with Crippen molar-refractivity contribution in [3.8, 4) is 29.9 Å². The number of nitrogens with one attached hydrogen (secondary N) is 1. The number of hydrogen-bond acceptors (Lipinski definition) is 5. The molecule has 136 valence electrons. The van der Waals surface area contributed by atoms with Gasteiger partial charge in [0.1, 0.15) is 18.2 Å². The molecule has 1 fully saturated rings. The Labute approximate surface area is 161 Å². The second kappa shape index (κ2) is 9.86. The Morgan fingerprint density at radius 1 is 1.58 bits per heavy atom. The molecule has 1 atom stereocenters. The van der Waals surface area contributed by atoms with Gasteiger partial charge in [0.2, 0.25) is 0 Å². The molecule has 1 aromatic rings. The van der Waals surface area contributed by atoms with E-state index in [9.17, 15) is 10.1 Å². The van der Waals surface area contributed by atoms with Crippen LogP contribution in [0, 0.1) is 23.7 Å². The molecule has 0 saturated carbocycles. The summed E-state index contributed by atoms with van der Waals surface area (Å²) in [6.07, 6.45) is 8.58. The van der Waals surface area contributed by atoms with Crippen molar-refractivity contribution in [3.63, 3.8) is 0 Å². The van der Waals surface area contributed by atoms with Gasteiger partial charge in [-0.05, 0) is 31.1 Å². The number of halogens is 1. The topological polar surface area (TPSA) is 80.6 Å². The largest absolute Gasteiger partial charge is 0.493 e. The van der Waals surface area contributed by atoms with Crippen molar-refractivity contribution in [2.24, 2.45) is 0 Å². The highest BCUT2D eigenvalue weighted by Gasteiger charge is 2.19. The zero-order valence-corrected chi connectivity index (χ0v) is 16.0. The Kier molecular flexibility index (Phi) is 7.53. The van der Waals surface area contributed by atoms with Crippen LogP contribution in [-0.2, 0) is 9.53 Å². The average molecular weight is 419 g/mol. The van der Waals surface area contributed by atoms with Crippen LogP contribution in [-0.4, -0.2) is 38.9 Å². The molecule has 1 N–H and O–H groups in total. The SMILES string of the molecule is C#CCOc1c(/C=C(\C#N)C(=O)NC[C@@H]2CCCO2)cc(Br)cc1OC. The quantitative estimate of drug-likeness (QED) is 0.418. The molecule has 1 aromatic carbocycles. The van der Waals surface area contributed by atoms with Crippen LogP contribution in [0.2, 0.25) is 0 Å². The lowest BCUT2D eigenvalue weighted by molar-refractivity contribution is -0.117. The Bertz CT molecular complexity index is 771. The molecule has 1 saturated heterocycles. The number of carbonyl (C=O) groups is 1. The predicted molar refractivity (Wildman–Crippen MR) is 101 cm³/mol. The number of terminal acetylenes is 1. The second-order valence-corrected chi connectivity index (χ2v) is 6.45. The van der Waals surface area contributed by atoms with Crippen LogP contribution in [0.5, 0.6) is 11.5 Å². The third-order valence-electron chi connectivity index (χ3n) is 3.75.